The van der Waals surface area contributed by atoms with Gasteiger partial charge in [0.05, 0.1) is 12.2 Å². The van der Waals surface area contributed by atoms with Crippen molar-refractivity contribution in [3.63, 3.8) is 0 Å². The van der Waals surface area contributed by atoms with E-state index in [-0.39, 0.29) is 6.61 Å². The number of aryl methyl sites for hydroxylation is 2. The zero-order chi connectivity index (χ0) is 15.4. The summed E-state index contributed by atoms with van der Waals surface area (Å²) >= 11 is 0. The van der Waals surface area contributed by atoms with E-state index < -0.39 is 5.91 Å². The molecular formula is C15H24N4O2. The number of hydrogen-bond acceptors (Lipinski definition) is 5. The fraction of sp³-hybridized carbons (Fsp3) is 0.600. The minimum atomic E-state index is -0.475. The fourth-order valence-corrected chi connectivity index (χ4v) is 2.93. The van der Waals surface area contributed by atoms with Crippen LogP contribution >= 0.6 is 0 Å². The monoisotopic (exact) mass is 292 g/mol. The van der Waals surface area contributed by atoms with E-state index in [1.165, 1.54) is 0 Å². The van der Waals surface area contributed by atoms with Gasteiger partial charge >= 0.3 is 0 Å². The summed E-state index contributed by atoms with van der Waals surface area (Å²) in [5.41, 5.74) is 7.64. The molecule has 1 aromatic rings. The Morgan fingerprint density at radius 2 is 2.33 bits per heavy atom. The van der Waals surface area contributed by atoms with Crippen LogP contribution in [0.15, 0.2) is 6.07 Å². The highest BCUT2D eigenvalue weighted by Crippen LogP contribution is 2.23. The van der Waals surface area contributed by atoms with Gasteiger partial charge in [-0.2, -0.15) is 0 Å². The van der Waals surface area contributed by atoms with Crippen LogP contribution in [-0.2, 0) is 0 Å². The number of hydrogen-bond donors (Lipinski definition) is 3. The van der Waals surface area contributed by atoms with E-state index in [0.29, 0.717) is 24.0 Å². The number of anilines is 1. The molecule has 1 atom stereocenters. The normalized spacial score (nSPS) is 18.0. The molecule has 21 heavy (non-hydrogen) atoms. The van der Waals surface area contributed by atoms with E-state index in [4.69, 9.17) is 5.73 Å². The number of carbonyl (C=O) groups excluding carboxylic acids is 1. The van der Waals surface area contributed by atoms with E-state index in [1.807, 2.05) is 24.8 Å². The van der Waals surface area contributed by atoms with Gasteiger partial charge in [0.2, 0.25) is 0 Å². The molecule has 0 bridgehead atoms. The second-order valence-electron chi connectivity index (χ2n) is 5.61. The predicted molar refractivity (Wildman–Crippen MR) is 82.6 cm³/mol. The van der Waals surface area contributed by atoms with Gasteiger partial charge in [-0.3, -0.25) is 4.79 Å². The first-order valence-corrected chi connectivity index (χ1v) is 7.40. The van der Waals surface area contributed by atoms with Crippen LogP contribution in [0, 0.1) is 13.8 Å². The molecule has 4 N–H and O–H groups in total. The maximum Gasteiger partial charge on any atom is 0.252 e. The summed E-state index contributed by atoms with van der Waals surface area (Å²) in [6, 6.07) is 2.22. The second kappa shape index (κ2) is 6.87. The van der Waals surface area contributed by atoms with Gasteiger partial charge in [-0.05, 0) is 44.9 Å². The highest BCUT2D eigenvalue weighted by Gasteiger charge is 2.23. The van der Waals surface area contributed by atoms with Gasteiger partial charge in [-0.15, -0.1) is 0 Å². The molecule has 6 heteroatoms. The molecule has 1 saturated heterocycles. The molecule has 0 radical (unpaired) electrons. The van der Waals surface area contributed by atoms with Gasteiger partial charge < -0.3 is 21.1 Å². The van der Waals surface area contributed by atoms with Crippen LogP contribution < -0.4 is 16.0 Å². The van der Waals surface area contributed by atoms with Crippen LogP contribution in [0.3, 0.4) is 0 Å². The lowest BCUT2D eigenvalue weighted by Gasteiger charge is -2.28. The van der Waals surface area contributed by atoms with Crippen molar-refractivity contribution in [2.45, 2.75) is 32.7 Å². The van der Waals surface area contributed by atoms with E-state index >= 15 is 0 Å². The summed E-state index contributed by atoms with van der Waals surface area (Å²) in [6.07, 6.45) is 2.25. The van der Waals surface area contributed by atoms with Crippen LogP contribution in [0.5, 0.6) is 0 Å². The molecule has 1 aromatic heterocycles. The quantitative estimate of drug-likeness (QED) is 0.703. The predicted octanol–water partition coefficient (Wildman–Crippen LogP) is 0.348. The summed E-state index contributed by atoms with van der Waals surface area (Å²) in [7, 11) is 0. The number of rotatable bonds is 6. The summed E-state index contributed by atoms with van der Waals surface area (Å²) in [4.78, 5) is 18.2. The number of primary amides is 1. The Bertz CT molecular complexity index is 513. The molecule has 0 aromatic carbocycles. The van der Waals surface area contributed by atoms with Gasteiger partial charge in [0.15, 0.2) is 0 Å². The zero-order valence-electron chi connectivity index (χ0n) is 12.7. The van der Waals surface area contributed by atoms with Crippen molar-refractivity contribution in [2.75, 3.05) is 31.1 Å². The summed E-state index contributed by atoms with van der Waals surface area (Å²) < 4.78 is 0. The van der Waals surface area contributed by atoms with Crippen LogP contribution in [-0.4, -0.2) is 48.3 Å². The minimum Gasteiger partial charge on any atom is -0.395 e. The van der Waals surface area contributed by atoms with Crippen molar-refractivity contribution in [3.05, 3.63) is 22.9 Å². The van der Waals surface area contributed by atoms with Crippen LogP contribution in [0.4, 0.5) is 5.82 Å². The molecule has 2 heterocycles. The highest BCUT2D eigenvalue weighted by molar-refractivity contribution is 5.99. The molecule has 2 rings (SSSR count). The SMILES string of the molecule is Cc1cc(C)c(C(N)=O)c(N(CCO)CC2CCCN2)n1. The number of amides is 1. The number of pyridine rings is 1. The van der Waals surface area contributed by atoms with Gasteiger partial charge in [0.25, 0.3) is 5.91 Å². The van der Waals surface area contributed by atoms with Crippen molar-refractivity contribution in [1.82, 2.24) is 10.3 Å². The van der Waals surface area contributed by atoms with Gasteiger partial charge in [0, 0.05) is 24.8 Å². The van der Waals surface area contributed by atoms with E-state index in [2.05, 4.69) is 10.3 Å². The summed E-state index contributed by atoms with van der Waals surface area (Å²) in [5, 5.41) is 12.8. The molecule has 1 unspecified atom stereocenters. The van der Waals surface area contributed by atoms with E-state index in [9.17, 15) is 9.90 Å². The van der Waals surface area contributed by atoms with Gasteiger partial charge in [-0.25, -0.2) is 4.98 Å². The Labute approximate surface area is 125 Å². The molecule has 0 aliphatic carbocycles. The number of nitrogens with one attached hydrogen (secondary N) is 1. The van der Waals surface area contributed by atoms with Gasteiger partial charge in [-0.1, -0.05) is 0 Å². The molecule has 1 amide bonds. The lowest BCUT2D eigenvalue weighted by Crippen LogP contribution is -2.40. The topological polar surface area (TPSA) is 91.5 Å². The van der Waals surface area contributed by atoms with Crippen molar-refractivity contribution >= 4 is 11.7 Å². The Morgan fingerprint density at radius 1 is 1.57 bits per heavy atom. The molecule has 1 fully saturated rings. The number of aliphatic hydroxyl groups excluding tert-OH is 1. The smallest absolute Gasteiger partial charge is 0.252 e. The third kappa shape index (κ3) is 3.71. The highest BCUT2D eigenvalue weighted by atomic mass is 16.3. The average Bonchev–Trinajstić information content (AvgIpc) is 2.89. The van der Waals surface area contributed by atoms with Crippen molar-refractivity contribution in [1.29, 1.82) is 0 Å². The van der Waals surface area contributed by atoms with E-state index in [0.717, 1.165) is 37.2 Å². The zero-order valence-corrected chi connectivity index (χ0v) is 12.7. The summed E-state index contributed by atoms with van der Waals surface area (Å²) in [6.45, 7) is 5.95. The van der Waals surface area contributed by atoms with Crippen molar-refractivity contribution < 1.29 is 9.90 Å². The fourth-order valence-electron chi connectivity index (χ4n) is 2.93. The first-order chi connectivity index (χ1) is 10.0. The average molecular weight is 292 g/mol. The summed E-state index contributed by atoms with van der Waals surface area (Å²) in [5.74, 6) is 0.111. The van der Waals surface area contributed by atoms with Crippen molar-refractivity contribution in [2.24, 2.45) is 5.73 Å². The lowest BCUT2D eigenvalue weighted by atomic mass is 10.1. The Kier molecular flexibility index (Phi) is 5.14. The number of nitrogens with two attached hydrogens (primary N) is 1. The number of carbonyl (C=O) groups is 1. The molecule has 0 saturated carbocycles. The molecule has 1 aliphatic heterocycles. The molecule has 6 nitrogen and oxygen atoms in total. The number of nitrogens with zero attached hydrogens (tertiary/aromatic N) is 2. The third-order valence-corrected chi connectivity index (χ3v) is 3.84. The van der Waals surface area contributed by atoms with Crippen LogP contribution in [0.25, 0.3) is 0 Å². The minimum absolute atomic E-state index is 0.0135. The third-order valence-electron chi connectivity index (χ3n) is 3.84. The standard InChI is InChI=1S/C15H24N4O2/c1-10-8-11(2)18-15(13(10)14(16)21)19(6-7-20)9-12-4-3-5-17-12/h8,12,17,20H,3-7,9H2,1-2H3,(H2,16,21). The van der Waals surface area contributed by atoms with Crippen molar-refractivity contribution in [3.8, 4) is 0 Å². The Balaban J connectivity index is 2.35. The lowest BCUT2D eigenvalue weighted by molar-refractivity contribution is 0.0999. The number of aromatic nitrogens is 1. The Hall–Kier alpha value is -1.66. The molecule has 116 valence electrons. The van der Waals surface area contributed by atoms with Crippen LogP contribution in [0.1, 0.15) is 34.5 Å². The first kappa shape index (κ1) is 15.7. The second-order valence-corrected chi connectivity index (χ2v) is 5.61. The molecule has 1 aliphatic rings. The maximum absolute atomic E-state index is 11.8. The van der Waals surface area contributed by atoms with Crippen LogP contribution in [0.2, 0.25) is 0 Å². The maximum atomic E-state index is 11.8. The first-order valence-electron chi connectivity index (χ1n) is 7.40. The molecule has 0 spiro atoms. The Morgan fingerprint density at radius 3 is 2.90 bits per heavy atom. The van der Waals surface area contributed by atoms with E-state index in [1.54, 1.807) is 0 Å². The molecular weight excluding hydrogens is 268 g/mol. The largest absolute Gasteiger partial charge is 0.395 e. The van der Waals surface area contributed by atoms with Gasteiger partial charge in [0.1, 0.15) is 5.82 Å². The number of aliphatic hydroxyl groups is 1.